The van der Waals surface area contributed by atoms with Gasteiger partial charge in [0.05, 0.1) is 6.54 Å². The number of nitrogens with one attached hydrogen (secondary N) is 1. The molecule has 1 rings (SSSR count). The molecule has 1 heterocycles. The van der Waals surface area contributed by atoms with Crippen molar-refractivity contribution in [2.45, 2.75) is 32.2 Å². The maximum absolute atomic E-state index is 11.3. The first-order valence-electron chi connectivity index (χ1n) is 5.49. The molecule has 0 saturated carbocycles. The molecule has 14 heavy (non-hydrogen) atoms. The predicted octanol–water partition coefficient (Wildman–Crippen LogP) is -0.0643. The van der Waals surface area contributed by atoms with Gasteiger partial charge in [0.2, 0.25) is 5.91 Å². The quantitative estimate of drug-likeness (QED) is 0.666. The second-order valence-corrected chi connectivity index (χ2v) is 3.81. The molecule has 0 aliphatic carbocycles. The van der Waals surface area contributed by atoms with E-state index < -0.39 is 0 Å². The van der Waals surface area contributed by atoms with E-state index in [0.29, 0.717) is 6.04 Å². The molecule has 0 bridgehead atoms. The molecule has 3 N–H and O–H groups in total. The van der Waals surface area contributed by atoms with Gasteiger partial charge in [0.1, 0.15) is 0 Å². The van der Waals surface area contributed by atoms with Crippen LogP contribution in [0.2, 0.25) is 0 Å². The molecule has 0 atom stereocenters. The fourth-order valence-corrected chi connectivity index (χ4v) is 1.81. The summed E-state index contributed by atoms with van der Waals surface area (Å²) in [7, 11) is 0. The van der Waals surface area contributed by atoms with Gasteiger partial charge in [-0.05, 0) is 25.8 Å². The van der Waals surface area contributed by atoms with Gasteiger partial charge in [-0.2, -0.15) is 0 Å². The van der Waals surface area contributed by atoms with Crippen molar-refractivity contribution in [1.82, 2.24) is 10.2 Å². The van der Waals surface area contributed by atoms with Crippen LogP contribution in [0.15, 0.2) is 0 Å². The summed E-state index contributed by atoms with van der Waals surface area (Å²) in [5, 5.41) is 3.48. The Kier molecular flexibility index (Phi) is 4.90. The average Bonchev–Trinajstić information content (AvgIpc) is 2.26. The van der Waals surface area contributed by atoms with E-state index in [2.05, 4.69) is 12.2 Å². The second-order valence-electron chi connectivity index (χ2n) is 3.81. The zero-order chi connectivity index (χ0) is 10.4. The van der Waals surface area contributed by atoms with Gasteiger partial charge in [-0.1, -0.05) is 6.92 Å². The van der Waals surface area contributed by atoms with Crippen molar-refractivity contribution < 1.29 is 4.79 Å². The molecular weight excluding hydrogens is 178 g/mol. The van der Waals surface area contributed by atoms with E-state index >= 15 is 0 Å². The third-order valence-corrected chi connectivity index (χ3v) is 2.71. The number of likely N-dealkylation sites (tertiary alicyclic amines) is 1. The number of amides is 1. The zero-order valence-corrected chi connectivity index (χ0v) is 8.96. The monoisotopic (exact) mass is 199 g/mol. The summed E-state index contributed by atoms with van der Waals surface area (Å²) < 4.78 is 0. The summed E-state index contributed by atoms with van der Waals surface area (Å²) in [4.78, 5) is 13.1. The molecule has 1 saturated heterocycles. The fourth-order valence-electron chi connectivity index (χ4n) is 1.81. The van der Waals surface area contributed by atoms with Crippen molar-refractivity contribution in [3.8, 4) is 0 Å². The van der Waals surface area contributed by atoms with Gasteiger partial charge in [-0.3, -0.25) is 4.79 Å². The minimum absolute atomic E-state index is 0.0824. The molecule has 1 aliphatic heterocycles. The van der Waals surface area contributed by atoms with Crippen LogP contribution >= 0.6 is 0 Å². The summed E-state index contributed by atoms with van der Waals surface area (Å²) in [6.45, 7) is 5.11. The van der Waals surface area contributed by atoms with E-state index in [1.807, 2.05) is 4.90 Å². The smallest absolute Gasteiger partial charge is 0.236 e. The lowest BCUT2D eigenvalue weighted by Crippen LogP contribution is -2.46. The van der Waals surface area contributed by atoms with Crippen LogP contribution in [-0.4, -0.2) is 43.0 Å². The van der Waals surface area contributed by atoms with E-state index in [4.69, 9.17) is 5.73 Å². The second kappa shape index (κ2) is 5.98. The Morgan fingerprint density at radius 3 is 2.64 bits per heavy atom. The SMILES string of the molecule is CCCNC1CCN(C(=O)CN)CC1. The normalized spacial score (nSPS) is 18.6. The Hall–Kier alpha value is -0.610. The molecule has 4 heteroatoms. The molecule has 0 aromatic rings. The molecule has 0 aromatic heterocycles. The standard InChI is InChI=1S/C10H21N3O/c1-2-5-12-9-3-6-13(7-4-9)10(14)8-11/h9,12H,2-8,11H2,1H3. The zero-order valence-electron chi connectivity index (χ0n) is 8.96. The van der Waals surface area contributed by atoms with Crippen LogP contribution in [0.5, 0.6) is 0 Å². The topological polar surface area (TPSA) is 58.4 Å². The van der Waals surface area contributed by atoms with Crippen molar-refractivity contribution >= 4 is 5.91 Å². The predicted molar refractivity (Wildman–Crippen MR) is 57.0 cm³/mol. The highest BCUT2D eigenvalue weighted by Gasteiger charge is 2.20. The Morgan fingerprint density at radius 2 is 2.14 bits per heavy atom. The van der Waals surface area contributed by atoms with E-state index in [0.717, 1.165) is 32.5 Å². The highest BCUT2D eigenvalue weighted by Crippen LogP contribution is 2.09. The third-order valence-electron chi connectivity index (χ3n) is 2.71. The highest BCUT2D eigenvalue weighted by atomic mass is 16.2. The molecule has 4 nitrogen and oxygen atoms in total. The maximum Gasteiger partial charge on any atom is 0.236 e. The van der Waals surface area contributed by atoms with Gasteiger partial charge in [-0.15, -0.1) is 0 Å². The number of nitrogens with two attached hydrogens (primary N) is 1. The number of piperidine rings is 1. The van der Waals surface area contributed by atoms with Crippen LogP contribution < -0.4 is 11.1 Å². The van der Waals surface area contributed by atoms with Crippen molar-refractivity contribution in [2.24, 2.45) is 5.73 Å². The van der Waals surface area contributed by atoms with Crippen molar-refractivity contribution in [3.63, 3.8) is 0 Å². The average molecular weight is 199 g/mol. The fraction of sp³-hybridized carbons (Fsp3) is 0.900. The number of hydrogen-bond acceptors (Lipinski definition) is 3. The summed E-state index contributed by atoms with van der Waals surface area (Å²) >= 11 is 0. The maximum atomic E-state index is 11.3. The number of rotatable bonds is 4. The minimum atomic E-state index is 0.0824. The van der Waals surface area contributed by atoms with Gasteiger partial charge in [0, 0.05) is 19.1 Å². The third kappa shape index (κ3) is 3.27. The van der Waals surface area contributed by atoms with Gasteiger partial charge >= 0.3 is 0 Å². The van der Waals surface area contributed by atoms with Crippen molar-refractivity contribution in [3.05, 3.63) is 0 Å². The summed E-state index contributed by atoms with van der Waals surface area (Å²) in [6.07, 6.45) is 3.29. The number of hydrogen-bond donors (Lipinski definition) is 2. The number of carbonyl (C=O) groups is 1. The molecule has 1 amide bonds. The summed E-state index contributed by atoms with van der Waals surface area (Å²) in [5.74, 6) is 0.0824. The summed E-state index contributed by atoms with van der Waals surface area (Å²) in [6, 6.07) is 0.594. The van der Waals surface area contributed by atoms with Gasteiger partial charge < -0.3 is 16.0 Å². The summed E-state index contributed by atoms with van der Waals surface area (Å²) in [5.41, 5.74) is 5.31. The highest BCUT2D eigenvalue weighted by molar-refractivity contribution is 5.78. The van der Waals surface area contributed by atoms with Crippen molar-refractivity contribution in [2.75, 3.05) is 26.2 Å². The van der Waals surface area contributed by atoms with Gasteiger partial charge in [-0.25, -0.2) is 0 Å². The van der Waals surface area contributed by atoms with E-state index in [1.165, 1.54) is 6.42 Å². The first kappa shape index (κ1) is 11.5. The van der Waals surface area contributed by atoms with E-state index in [9.17, 15) is 4.79 Å². The van der Waals surface area contributed by atoms with Crippen molar-refractivity contribution in [1.29, 1.82) is 0 Å². The molecule has 0 unspecified atom stereocenters. The Morgan fingerprint density at radius 1 is 1.50 bits per heavy atom. The van der Waals surface area contributed by atoms with Crippen LogP contribution in [0.4, 0.5) is 0 Å². The number of carbonyl (C=O) groups excluding carboxylic acids is 1. The largest absolute Gasteiger partial charge is 0.341 e. The lowest BCUT2D eigenvalue weighted by molar-refractivity contribution is -0.130. The lowest BCUT2D eigenvalue weighted by Gasteiger charge is -2.32. The first-order chi connectivity index (χ1) is 6.77. The van der Waals surface area contributed by atoms with Crippen LogP contribution in [0.3, 0.4) is 0 Å². The molecule has 0 radical (unpaired) electrons. The Labute approximate surface area is 85.8 Å². The Balaban J connectivity index is 2.20. The van der Waals surface area contributed by atoms with Crippen LogP contribution in [0, 0.1) is 0 Å². The van der Waals surface area contributed by atoms with Crippen LogP contribution in [0.25, 0.3) is 0 Å². The molecule has 0 aromatic carbocycles. The Bertz CT molecular complexity index is 176. The molecule has 82 valence electrons. The number of nitrogens with zero attached hydrogens (tertiary/aromatic N) is 1. The van der Waals surface area contributed by atoms with Gasteiger partial charge in [0.15, 0.2) is 0 Å². The van der Waals surface area contributed by atoms with Crippen LogP contribution in [0.1, 0.15) is 26.2 Å². The molecule has 1 aliphatic rings. The molecule has 0 spiro atoms. The minimum Gasteiger partial charge on any atom is -0.341 e. The van der Waals surface area contributed by atoms with Gasteiger partial charge in [0.25, 0.3) is 0 Å². The lowest BCUT2D eigenvalue weighted by atomic mass is 10.0. The van der Waals surface area contributed by atoms with E-state index in [1.54, 1.807) is 0 Å². The molecular formula is C10H21N3O. The van der Waals surface area contributed by atoms with E-state index in [-0.39, 0.29) is 12.5 Å². The first-order valence-corrected chi connectivity index (χ1v) is 5.49. The molecule has 1 fully saturated rings. The van der Waals surface area contributed by atoms with Crippen LogP contribution in [-0.2, 0) is 4.79 Å².